The van der Waals surface area contributed by atoms with Gasteiger partial charge in [-0.3, -0.25) is 4.57 Å². The highest BCUT2D eigenvalue weighted by Crippen LogP contribution is 2.66. The predicted molar refractivity (Wildman–Crippen MR) is 158 cm³/mol. The van der Waals surface area contributed by atoms with Gasteiger partial charge in [0.15, 0.2) is 0 Å². The van der Waals surface area contributed by atoms with Gasteiger partial charge in [0, 0.05) is 0 Å². The molecule has 0 spiro atoms. The van der Waals surface area contributed by atoms with Gasteiger partial charge in [0.25, 0.3) is 0 Å². The van der Waals surface area contributed by atoms with E-state index in [4.69, 9.17) is 9.05 Å². The van der Waals surface area contributed by atoms with E-state index in [1.807, 2.05) is 38.1 Å². The summed E-state index contributed by atoms with van der Waals surface area (Å²) in [6.07, 6.45) is 0.704. The summed E-state index contributed by atoms with van der Waals surface area (Å²) in [4.78, 5) is 0. The van der Waals surface area contributed by atoms with Crippen molar-refractivity contribution >= 4 is 44.7 Å². The molecule has 6 heteroatoms. The van der Waals surface area contributed by atoms with Crippen LogP contribution in [0.25, 0.3) is 0 Å². The van der Waals surface area contributed by atoms with Crippen LogP contribution in [0.1, 0.15) is 13.8 Å². The van der Waals surface area contributed by atoms with Gasteiger partial charge in [0.1, 0.15) is 0 Å². The molecule has 0 N–H and O–H groups in total. The first-order valence-electron chi connectivity index (χ1n) is 12.3. The molecule has 4 aromatic rings. The smallest absolute Gasteiger partial charge is 0.308 e. The van der Waals surface area contributed by atoms with E-state index in [-0.39, 0.29) is 5.40 Å². The molecule has 0 fully saturated rings. The number of hydrogen-bond acceptors (Lipinski definition) is 3. The molecule has 0 amide bonds. The second-order valence-corrected chi connectivity index (χ2v) is 15.5. The van der Waals surface area contributed by atoms with Gasteiger partial charge in [-0.1, -0.05) is 121 Å². The fourth-order valence-electron chi connectivity index (χ4n) is 4.30. The minimum absolute atomic E-state index is 0.302. The molecule has 0 aliphatic rings. The molecule has 0 aliphatic carbocycles. The van der Waals surface area contributed by atoms with Crippen molar-refractivity contribution in [2.24, 2.45) is 0 Å². The standard InChI is InChI=1S/C30H33O3P3/c1-3-32-36(31,33-4-2)30(35(28-21-13-7-14-22-28)29-23-15-8-16-24-29)25-34(26-17-9-5-10-18-26)27-19-11-6-12-20-27/h5-24,30H,3-4,25H2,1-2H3. The topological polar surface area (TPSA) is 35.5 Å². The lowest BCUT2D eigenvalue weighted by atomic mass is 10.4. The summed E-state index contributed by atoms with van der Waals surface area (Å²) in [5.41, 5.74) is 0. The molecule has 0 heterocycles. The number of benzene rings is 4. The third-order valence-electron chi connectivity index (χ3n) is 5.83. The van der Waals surface area contributed by atoms with Crippen molar-refractivity contribution in [3.63, 3.8) is 0 Å². The highest BCUT2D eigenvalue weighted by atomic mass is 31.2. The van der Waals surface area contributed by atoms with Gasteiger partial charge < -0.3 is 9.05 Å². The second kappa shape index (κ2) is 13.4. The van der Waals surface area contributed by atoms with Crippen molar-refractivity contribution < 1.29 is 13.6 Å². The summed E-state index contributed by atoms with van der Waals surface area (Å²) in [5.74, 6) is 0. The largest absolute Gasteiger partial charge is 0.338 e. The first-order valence-corrected chi connectivity index (χ1v) is 16.9. The Morgan fingerprint density at radius 1 is 0.583 bits per heavy atom. The lowest BCUT2D eigenvalue weighted by Crippen LogP contribution is -2.29. The monoisotopic (exact) mass is 534 g/mol. The van der Waals surface area contributed by atoms with Crippen LogP contribution < -0.4 is 21.2 Å². The molecule has 36 heavy (non-hydrogen) atoms. The van der Waals surface area contributed by atoms with Crippen LogP contribution in [0.5, 0.6) is 0 Å². The number of rotatable bonds is 12. The molecular weight excluding hydrogens is 501 g/mol. The Morgan fingerprint density at radius 2 is 0.917 bits per heavy atom. The Balaban J connectivity index is 1.91. The molecule has 0 saturated heterocycles. The van der Waals surface area contributed by atoms with Gasteiger partial charge in [0.05, 0.1) is 18.6 Å². The minimum Gasteiger partial charge on any atom is -0.308 e. The van der Waals surface area contributed by atoms with Crippen molar-refractivity contribution in [2.45, 2.75) is 19.2 Å². The van der Waals surface area contributed by atoms with E-state index in [0.29, 0.717) is 19.4 Å². The zero-order chi connectivity index (χ0) is 25.2. The van der Waals surface area contributed by atoms with Crippen LogP contribution in [0.4, 0.5) is 0 Å². The highest BCUT2D eigenvalue weighted by Gasteiger charge is 2.44. The van der Waals surface area contributed by atoms with E-state index in [0.717, 1.165) is 0 Å². The lowest BCUT2D eigenvalue weighted by molar-refractivity contribution is 0.219. The average molecular weight is 535 g/mol. The van der Waals surface area contributed by atoms with Gasteiger partial charge in [0.2, 0.25) is 0 Å². The van der Waals surface area contributed by atoms with Gasteiger partial charge >= 0.3 is 7.60 Å². The predicted octanol–water partition coefficient (Wildman–Crippen LogP) is 6.84. The Labute approximate surface area is 217 Å². The maximum atomic E-state index is 14.7. The third-order valence-corrected chi connectivity index (χ3v) is 15.2. The van der Waals surface area contributed by atoms with E-state index in [9.17, 15) is 4.57 Å². The normalized spacial score (nSPS) is 12.7. The van der Waals surface area contributed by atoms with Crippen molar-refractivity contribution in [2.75, 3.05) is 19.4 Å². The van der Waals surface area contributed by atoms with Crippen molar-refractivity contribution in [3.8, 4) is 0 Å². The molecular formula is C30H33O3P3. The lowest BCUT2D eigenvalue weighted by Gasteiger charge is -2.36. The fraction of sp³-hybridized carbons (Fsp3) is 0.200. The van der Waals surface area contributed by atoms with Crippen molar-refractivity contribution in [3.05, 3.63) is 121 Å². The molecule has 4 rings (SSSR count). The van der Waals surface area contributed by atoms with Crippen LogP contribution in [0.15, 0.2) is 121 Å². The van der Waals surface area contributed by atoms with Gasteiger partial charge in [-0.15, -0.1) is 0 Å². The SMILES string of the molecule is CCOP(=O)(OCC)C(CP(c1ccccc1)c1ccccc1)P(c1ccccc1)c1ccccc1. The van der Waals surface area contributed by atoms with Crippen LogP contribution in [0, 0.1) is 0 Å². The quantitative estimate of drug-likeness (QED) is 0.187. The molecule has 0 bridgehead atoms. The van der Waals surface area contributed by atoms with E-state index in [1.54, 1.807) is 0 Å². The molecule has 4 aromatic carbocycles. The molecule has 1 unspecified atom stereocenters. The first-order chi connectivity index (χ1) is 17.7. The molecule has 186 valence electrons. The molecule has 1 atom stereocenters. The zero-order valence-corrected chi connectivity index (χ0v) is 23.5. The second-order valence-electron chi connectivity index (χ2n) is 8.18. The third kappa shape index (κ3) is 6.60. The Morgan fingerprint density at radius 3 is 1.25 bits per heavy atom. The average Bonchev–Trinajstić information content (AvgIpc) is 2.93. The minimum atomic E-state index is -3.47. The van der Waals surface area contributed by atoms with Crippen molar-refractivity contribution in [1.82, 2.24) is 0 Å². The Bertz CT molecular complexity index is 1130. The van der Waals surface area contributed by atoms with Crippen LogP contribution in [-0.2, 0) is 13.6 Å². The maximum Gasteiger partial charge on any atom is 0.338 e. The van der Waals surface area contributed by atoms with Gasteiger partial charge in [-0.2, -0.15) is 0 Å². The highest BCUT2D eigenvalue weighted by molar-refractivity contribution is 7.85. The van der Waals surface area contributed by atoms with Crippen LogP contribution in [0.2, 0.25) is 0 Å². The first kappa shape index (κ1) is 26.9. The molecule has 0 saturated carbocycles. The summed E-state index contributed by atoms with van der Waals surface area (Å²) in [6.45, 7) is 4.48. The summed E-state index contributed by atoms with van der Waals surface area (Å²) < 4.78 is 26.9. The van der Waals surface area contributed by atoms with Crippen LogP contribution in [-0.4, -0.2) is 24.8 Å². The van der Waals surface area contributed by atoms with E-state index in [2.05, 4.69) is 97.1 Å². The Hall–Kier alpha value is -2.11. The van der Waals surface area contributed by atoms with Gasteiger partial charge in [-0.25, -0.2) is 0 Å². The molecule has 0 aromatic heterocycles. The molecule has 3 nitrogen and oxygen atoms in total. The zero-order valence-electron chi connectivity index (χ0n) is 20.8. The number of hydrogen-bond donors (Lipinski definition) is 0. The van der Waals surface area contributed by atoms with Crippen molar-refractivity contribution in [1.29, 1.82) is 0 Å². The van der Waals surface area contributed by atoms with E-state index >= 15 is 0 Å². The van der Waals surface area contributed by atoms with Gasteiger partial charge in [-0.05, 0) is 57.1 Å². The van der Waals surface area contributed by atoms with Crippen LogP contribution in [0.3, 0.4) is 0 Å². The molecule has 0 radical (unpaired) electrons. The summed E-state index contributed by atoms with van der Waals surface area (Å²) in [5, 5.41) is 4.58. The molecule has 0 aliphatic heterocycles. The maximum absolute atomic E-state index is 14.7. The van der Waals surface area contributed by atoms with Crippen LogP contribution >= 0.6 is 23.4 Å². The summed E-state index contributed by atoms with van der Waals surface area (Å²) >= 11 is 0. The fourth-order valence-corrected chi connectivity index (χ4v) is 14.3. The summed E-state index contributed by atoms with van der Waals surface area (Å²) in [6, 6.07) is 42.1. The van der Waals surface area contributed by atoms with E-state index in [1.165, 1.54) is 21.2 Å². The summed E-state index contributed by atoms with van der Waals surface area (Å²) in [7, 11) is -5.31. The Kier molecular flexibility index (Phi) is 10.1. The van der Waals surface area contributed by atoms with E-state index < -0.39 is 23.4 Å².